The Hall–Kier alpha value is -1.92. The number of benzene rings is 1. The molecule has 152 valence electrons. The van der Waals surface area contributed by atoms with Crippen molar-refractivity contribution in [3.63, 3.8) is 0 Å². The number of amides is 2. The van der Waals surface area contributed by atoms with Gasteiger partial charge in [-0.2, -0.15) is 0 Å². The summed E-state index contributed by atoms with van der Waals surface area (Å²) in [5.74, 6) is -0.864. The molecule has 0 radical (unpaired) electrons. The Labute approximate surface area is 163 Å². The third-order valence-corrected chi connectivity index (χ3v) is 4.50. The molecule has 6 nitrogen and oxygen atoms in total. The van der Waals surface area contributed by atoms with Crippen molar-refractivity contribution in [2.45, 2.75) is 65.1 Å². The van der Waals surface area contributed by atoms with Crippen LogP contribution in [0.1, 0.15) is 52.0 Å². The van der Waals surface area contributed by atoms with Gasteiger partial charge in [-0.05, 0) is 25.3 Å². The average Bonchev–Trinajstić information content (AvgIpc) is 2.69. The van der Waals surface area contributed by atoms with E-state index in [1.807, 2.05) is 32.0 Å². The second kappa shape index (κ2) is 13.3. The van der Waals surface area contributed by atoms with Crippen molar-refractivity contribution in [2.24, 2.45) is 5.73 Å². The molecule has 0 spiro atoms. The Bertz CT molecular complexity index is 551. The zero-order valence-corrected chi connectivity index (χ0v) is 16.9. The number of rotatable bonds is 9. The molecule has 6 heteroatoms. The molecule has 2 rings (SSSR count). The van der Waals surface area contributed by atoms with Crippen LogP contribution in [-0.2, 0) is 20.9 Å². The van der Waals surface area contributed by atoms with Gasteiger partial charge in [0.1, 0.15) is 0 Å². The van der Waals surface area contributed by atoms with E-state index in [0.717, 1.165) is 12.8 Å². The lowest BCUT2D eigenvalue weighted by atomic mass is 10.1. The van der Waals surface area contributed by atoms with Gasteiger partial charge in [0, 0.05) is 25.2 Å². The molecule has 0 saturated carbocycles. The van der Waals surface area contributed by atoms with E-state index in [4.69, 9.17) is 10.5 Å². The van der Waals surface area contributed by atoms with Gasteiger partial charge in [0.2, 0.25) is 0 Å². The van der Waals surface area contributed by atoms with Crippen molar-refractivity contribution in [3.8, 4) is 0 Å². The maximum atomic E-state index is 11.1. The molecule has 27 heavy (non-hydrogen) atoms. The van der Waals surface area contributed by atoms with E-state index in [2.05, 4.69) is 24.4 Å². The van der Waals surface area contributed by atoms with Crippen LogP contribution in [0.4, 0.5) is 0 Å². The first-order chi connectivity index (χ1) is 13.0. The number of piperazine rings is 1. The standard InChI is InChI=1S/C13H21NO.C8H14N2O2/c1-2-3-9-13(14)11-15-10-12-7-5-4-6-8-12;1-3-6-5-10(4-2)8(12)7(11)9-6/h4-8,13H,2-3,9-11,14H2,1H3;6H,3-5H2,1-2H3,(H,9,11)/t13-;6-/m10/s1. The summed E-state index contributed by atoms with van der Waals surface area (Å²) in [5.41, 5.74) is 7.11. The van der Waals surface area contributed by atoms with Crippen LogP contribution in [0.2, 0.25) is 0 Å². The molecule has 0 aromatic heterocycles. The summed E-state index contributed by atoms with van der Waals surface area (Å²) in [4.78, 5) is 23.7. The van der Waals surface area contributed by atoms with Gasteiger partial charge in [-0.25, -0.2) is 0 Å². The molecule has 0 unspecified atom stereocenters. The molecule has 1 saturated heterocycles. The van der Waals surface area contributed by atoms with Crippen molar-refractivity contribution >= 4 is 11.8 Å². The third kappa shape index (κ3) is 9.02. The van der Waals surface area contributed by atoms with Crippen molar-refractivity contribution < 1.29 is 14.3 Å². The number of nitrogens with one attached hydrogen (secondary N) is 1. The highest BCUT2D eigenvalue weighted by molar-refractivity contribution is 6.35. The van der Waals surface area contributed by atoms with Crippen molar-refractivity contribution in [2.75, 3.05) is 19.7 Å². The van der Waals surface area contributed by atoms with Gasteiger partial charge >= 0.3 is 11.8 Å². The normalized spacial score (nSPS) is 17.8. The summed E-state index contributed by atoms with van der Waals surface area (Å²) in [6.07, 6.45) is 4.32. The van der Waals surface area contributed by atoms with Crippen LogP contribution in [0.15, 0.2) is 30.3 Å². The molecular formula is C21H35N3O3. The second-order valence-electron chi connectivity index (χ2n) is 6.83. The summed E-state index contributed by atoms with van der Waals surface area (Å²) in [5, 5.41) is 2.65. The molecule has 1 aromatic rings. The monoisotopic (exact) mass is 377 g/mol. The molecule has 0 bridgehead atoms. The van der Waals surface area contributed by atoms with Gasteiger partial charge in [-0.3, -0.25) is 9.59 Å². The Morgan fingerprint density at radius 3 is 2.52 bits per heavy atom. The molecule has 2 amide bonds. The van der Waals surface area contributed by atoms with E-state index in [0.29, 0.717) is 26.3 Å². The number of likely N-dealkylation sites (N-methyl/N-ethyl adjacent to an activating group) is 1. The van der Waals surface area contributed by atoms with Crippen molar-refractivity contribution in [3.05, 3.63) is 35.9 Å². The highest BCUT2D eigenvalue weighted by Gasteiger charge is 2.29. The van der Waals surface area contributed by atoms with Gasteiger partial charge in [0.15, 0.2) is 0 Å². The van der Waals surface area contributed by atoms with Crippen LogP contribution in [0.5, 0.6) is 0 Å². The summed E-state index contributed by atoms with van der Waals surface area (Å²) in [6.45, 7) is 8.64. The fraction of sp³-hybridized carbons (Fsp3) is 0.619. The SMILES string of the molecule is CCCC[C@@H](N)COCc1ccccc1.CC[C@H]1CN(CC)C(=O)C(=O)N1. The van der Waals surface area contributed by atoms with E-state index >= 15 is 0 Å². The minimum absolute atomic E-state index is 0.134. The van der Waals surface area contributed by atoms with E-state index in [9.17, 15) is 9.59 Å². The predicted molar refractivity (Wildman–Crippen MR) is 108 cm³/mol. The fourth-order valence-electron chi connectivity index (χ4n) is 2.74. The van der Waals surface area contributed by atoms with Gasteiger partial charge in [-0.15, -0.1) is 0 Å². The Morgan fingerprint density at radius 2 is 1.93 bits per heavy atom. The van der Waals surface area contributed by atoms with E-state index in [1.54, 1.807) is 4.90 Å². The zero-order valence-electron chi connectivity index (χ0n) is 16.9. The van der Waals surface area contributed by atoms with Crippen molar-refractivity contribution in [1.29, 1.82) is 0 Å². The topological polar surface area (TPSA) is 84.7 Å². The number of ether oxygens (including phenoxy) is 1. The molecule has 1 aliphatic rings. The summed E-state index contributed by atoms with van der Waals surface area (Å²) >= 11 is 0. The molecule has 1 fully saturated rings. The Morgan fingerprint density at radius 1 is 1.22 bits per heavy atom. The van der Waals surface area contributed by atoms with Crippen LogP contribution in [-0.4, -0.2) is 48.5 Å². The number of carbonyl (C=O) groups excluding carboxylic acids is 2. The molecule has 3 N–H and O–H groups in total. The lowest BCUT2D eigenvalue weighted by molar-refractivity contribution is -0.149. The van der Waals surface area contributed by atoms with Gasteiger partial charge in [0.25, 0.3) is 0 Å². The first-order valence-corrected chi connectivity index (χ1v) is 9.98. The van der Waals surface area contributed by atoms with Crippen LogP contribution in [0.25, 0.3) is 0 Å². The number of hydrogen-bond acceptors (Lipinski definition) is 4. The molecule has 1 aliphatic heterocycles. The van der Waals surface area contributed by atoms with Crippen LogP contribution in [0.3, 0.4) is 0 Å². The fourth-order valence-corrected chi connectivity index (χ4v) is 2.74. The molecule has 0 aliphatic carbocycles. The number of unbranched alkanes of at least 4 members (excludes halogenated alkanes) is 1. The lowest BCUT2D eigenvalue weighted by Crippen LogP contribution is -2.57. The summed E-state index contributed by atoms with van der Waals surface area (Å²) in [7, 11) is 0. The number of carbonyl (C=O) groups is 2. The minimum Gasteiger partial charge on any atom is -0.375 e. The Balaban J connectivity index is 0.000000277. The molecular weight excluding hydrogens is 342 g/mol. The van der Waals surface area contributed by atoms with E-state index in [-0.39, 0.29) is 12.1 Å². The first kappa shape index (κ1) is 23.1. The van der Waals surface area contributed by atoms with Crippen LogP contribution < -0.4 is 11.1 Å². The van der Waals surface area contributed by atoms with Gasteiger partial charge < -0.3 is 20.7 Å². The largest absolute Gasteiger partial charge is 0.375 e. The molecule has 2 atom stereocenters. The third-order valence-electron chi connectivity index (χ3n) is 4.50. The quantitative estimate of drug-likeness (QED) is 0.648. The number of nitrogens with zero attached hydrogens (tertiary/aromatic N) is 1. The number of hydrogen-bond donors (Lipinski definition) is 2. The Kier molecular flexibility index (Phi) is 11.4. The van der Waals surface area contributed by atoms with E-state index in [1.165, 1.54) is 18.4 Å². The first-order valence-electron chi connectivity index (χ1n) is 9.98. The molecule has 1 heterocycles. The average molecular weight is 378 g/mol. The predicted octanol–water partition coefficient (Wildman–Crippen LogP) is 2.46. The van der Waals surface area contributed by atoms with Crippen molar-refractivity contribution in [1.82, 2.24) is 10.2 Å². The lowest BCUT2D eigenvalue weighted by Gasteiger charge is -2.31. The van der Waals surface area contributed by atoms with Gasteiger partial charge in [0.05, 0.1) is 13.2 Å². The highest BCUT2D eigenvalue weighted by Crippen LogP contribution is 2.04. The maximum absolute atomic E-state index is 11.1. The minimum atomic E-state index is -0.463. The maximum Gasteiger partial charge on any atom is 0.311 e. The summed E-state index contributed by atoms with van der Waals surface area (Å²) in [6, 6.07) is 10.5. The zero-order chi connectivity index (χ0) is 20.1. The van der Waals surface area contributed by atoms with Gasteiger partial charge in [-0.1, -0.05) is 57.0 Å². The summed E-state index contributed by atoms with van der Waals surface area (Å²) < 4.78 is 5.55. The smallest absolute Gasteiger partial charge is 0.311 e. The molecule has 1 aromatic carbocycles. The van der Waals surface area contributed by atoms with E-state index < -0.39 is 11.8 Å². The van der Waals surface area contributed by atoms with Crippen LogP contribution in [0, 0.1) is 0 Å². The highest BCUT2D eigenvalue weighted by atomic mass is 16.5. The van der Waals surface area contributed by atoms with Crippen LogP contribution >= 0.6 is 0 Å². The second-order valence-corrected chi connectivity index (χ2v) is 6.83. The number of nitrogens with two attached hydrogens (primary N) is 1.